The molecule has 0 aromatic heterocycles. The van der Waals surface area contributed by atoms with Gasteiger partial charge in [0.25, 0.3) is 5.91 Å². The number of nitrogens with zero attached hydrogens (tertiary/aromatic N) is 1. The van der Waals surface area contributed by atoms with E-state index in [9.17, 15) is 9.59 Å². The normalized spacial score (nSPS) is 10.6. The summed E-state index contributed by atoms with van der Waals surface area (Å²) >= 11 is 0. The second-order valence-electron chi connectivity index (χ2n) is 7.29. The van der Waals surface area contributed by atoms with Gasteiger partial charge in [-0.05, 0) is 67.1 Å². The van der Waals surface area contributed by atoms with Crippen molar-refractivity contribution in [1.29, 1.82) is 0 Å². The number of carbonyl (C=O) groups is 2. The maximum Gasteiger partial charge on any atom is 0.250 e. The predicted octanol–water partition coefficient (Wildman–Crippen LogP) is 4.32. The smallest absolute Gasteiger partial charge is 0.250 e. The van der Waals surface area contributed by atoms with Crippen molar-refractivity contribution < 1.29 is 23.8 Å². The molecule has 3 rings (SSSR count). The fourth-order valence-corrected chi connectivity index (χ4v) is 3.10. The van der Waals surface area contributed by atoms with E-state index >= 15 is 0 Å². The van der Waals surface area contributed by atoms with Crippen LogP contribution in [0.15, 0.2) is 78.9 Å². The Morgan fingerprint density at radius 3 is 2.26 bits per heavy atom. The molecule has 2 amide bonds. The molecule has 7 heteroatoms. The lowest BCUT2D eigenvalue weighted by atomic mass is 10.1. The Morgan fingerprint density at radius 1 is 0.882 bits per heavy atom. The van der Waals surface area contributed by atoms with Crippen molar-refractivity contribution in [3.8, 4) is 17.2 Å². The van der Waals surface area contributed by atoms with Crippen LogP contribution in [0.4, 0.5) is 5.69 Å². The molecule has 0 heterocycles. The van der Waals surface area contributed by atoms with E-state index in [0.29, 0.717) is 42.6 Å². The average Bonchev–Trinajstić information content (AvgIpc) is 2.86. The highest BCUT2D eigenvalue weighted by Gasteiger charge is 2.10. The van der Waals surface area contributed by atoms with Crippen molar-refractivity contribution in [2.24, 2.45) is 5.73 Å². The molecule has 0 atom stereocenters. The van der Waals surface area contributed by atoms with Gasteiger partial charge in [-0.1, -0.05) is 24.3 Å². The van der Waals surface area contributed by atoms with Crippen LogP contribution in [0.25, 0.3) is 6.08 Å². The number of hydrogen-bond acceptors (Lipinski definition) is 5. The van der Waals surface area contributed by atoms with E-state index in [1.54, 1.807) is 37.4 Å². The molecule has 0 bridgehead atoms. The number of benzene rings is 3. The Balaban J connectivity index is 1.60. The minimum absolute atomic E-state index is 0.219. The highest BCUT2D eigenvalue weighted by atomic mass is 16.5. The number of likely N-dealkylation sites (N-methyl/N-ethyl adjacent to an activating group) is 1. The van der Waals surface area contributed by atoms with E-state index in [0.717, 1.165) is 11.3 Å². The third kappa shape index (κ3) is 6.87. The first-order valence-electron chi connectivity index (χ1n) is 10.9. The van der Waals surface area contributed by atoms with Crippen molar-refractivity contribution in [3.63, 3.8) is 0 Å². The molecule has 3 aromatic carbocycles. The first kappa shape index (κ1) is 24.4. The molecule has 2 N–H and O–H groups in total. The van der Waals surface area contributed by atoms with E-state index in [4.69, 9.17) is 19.9 Å². The summed E-state index contributed by atoms with van der Waals surface area (Å²) in [5.74, 6) is 1.25. The van der Waals surface area contributed by atoms with Gasteiger partial charge in [-0.15, -0.1) is 0 Å². The van der Waals surface area contributed by atoms with Gasteiger partial charge in [0, 0.05) is 24.4 Å². The largest absolute Gasteiger partial charge is 0.490 e. The lowest BCUT2D eigenvalue weighted by Crippen LogP contribution is -2.24. The van der Waals surface area contributed by atoms with E-state index in [1.807, 2.05) is 55.5 Å². The zero-order chi connectivity index (χ0) is 24.3. The number of anilines is 1. The molecule has 34 heavy (non-hydrogen) atoms. The highest BCUT2D eigenvalue weighted by Crippen LogP contribution is 2.29. The number of amides is 2. The van der Waals surface area contributed by atoms with Gasteiger partial charge in [0.2, 0.25) is 5.91 Å². The van der Waals surface area contributed by atoms with Gasteiger partial charge in [0.05, 0.1) is 6.61 Å². The Kier molecular flexibility index (Phi) is 8.68. The molecule has 0 aliphatic heterocycles. The fraction of sp³-hybridized carbons (Fsp3) is 0.185. The van der Waals surface area contributed by atoms with E-state index in [1.165, 1.54) is 11.0 Å². The fourth-order valence-electron chi connectivity index (χ4n) is 3.10. The SMILES string of the molecule is CCOc1cc(C=CC(=O)N(C)c2ccc(C(N)=O)cc2)ccc1OCCOc1ccccc1. The molecule has 0 saturated carbocycles. The van der Waals surface area contributed by atoms with Gasteiger partial charge in [-0.2, -0.15) is 0 Å². The van der Waals surface area contributed by atoms with Gasteiger partial charge in [0.1, 0.15) is 19.0 Å². The van der Waals surface area contributed by atoms with Crippen molar-refractivity contribution in [1.82, 2.24) is 0 Å². The summed E-state index contributed by atoms with van der Waals surface area (Å²) in [6, 6.07) is 21.5. The molecule has 0 aliphatic rings. The molecule has 0 spiro atoms. The van der Waals surface area contributed by atoms with Gasteiger partial charge >= 0.3 is 0 Å². The third-order valence-electron chi connectivity index (χ3n) is 4.91. The molecule has 0 aliphatic carbocycles. The second-order valence-corrected chi connectivity index (χ2v) is 7.29. The van der Waals surface area contributed by atoms with Crippen LogP contribution in [0.5, 0.6) is 17.2 Å². The lowest BCUT2D eigenvalue weighted by Gasteiger charge is -2.15. The number of hydrogen-bond donors (Lipinski definition) is 1. The van der Waals surface area contributed by atoms with Crippen LogP contribution >= 0.6 is 0 Å². The van der Waals surface area contributed by atoms with Gasteiger partial charge in [-0.3, -0.25) is 9.59 Å². The van der Waals surface area contributed by atoms with Crippen molar-refractivity contribution >= 4 is 23.6 Å². The second kappa shape index (κ2) is 12.1. The van der Waals surface area contributed by atoms with Crippen molar-refractivity contribution in [3.05, 3.63) is 90.0 Å². The van der Waals surface area contributed by atoms with E-state index in [-0.39, 0.29) is 5.91 Å². The van der Waals surface area contributed by atoms with Crippen molar-refractivity contribution in [2.75, 3.05) is 31.8 Å². The van der Waals surface area contributed by atoms with Crippen LogP contribution in [0.2, 0.25) is 0 Å². The summed E-state index contributed by atoms with van der Waals surface area (Å²) < 4.78 is 17.2. The lowest BCUT2D eigenvalue weighted by molar-refractivity contribution is -0.113. The molecule has 0 saturated heterocycles. The van der Waals surface area contributed by atoms with Gasteiger partial charge < -0.3 is 24.8 Å². The Labute approximate surface area is 199 Å². The number of ether oxygens (including phenoxy) is 3. The summed E-state index contributed by atoms with van der Waals surface area (Å²) in [6.45, 7) is 3.14. The number of carbonyl (C=O) groups excluding carboxylic acids is 2. The third-order valence-corrected chi connectivity index (χ3v) is 4.91. The van der Waals surface area contributed by atoms with E-state index in [2.05, 4.69) is 0 Å². The van der Waals surface area contributed by atoms with Gasteiger partial charge in [0.15, 0.2) is 11.5 Å². The molecule has 0 radical (unpaired) electrons. The quantitative estimate of drug-likeness (QED) is 0.340. The first-order chi connectivity index (χ1) is 16.5. The number of primary amides is 1. The number of rotatable bonds is 11. The summed E-state index contributed by atoms with van der Waals surface area (Å²) in [5.41, 5.74) is 7.09. The van der Waals surface area contributed by atoms with Crippen LogP contribution in [0.1, 0.15) is 22.8 Å². The molecule has 3 aromatic rings. The number of nitrogens with two attached hydrogens (primary N) is 1. The van der Waals surface area contributed by atoms with Crippen LogP contribution in [0.3, 0.4) is 0 Å². The zero-order valence-electron chi connectivity index (χ0n) is 19.3. The van der Waals surface area contributed by atoms with Crippen LogP contribution in [0, 0.1) is 0 Å². The highest BCUT2D eigenvalue weighted by molar-refractivity contribution is 6.03. The van der Waals surface area contributed by atoms with Crippen LogP contribution in [-0.4, -0.2) is 38.7 Å². The monoisotopic (exact) mass is 460 g/mol. The van der Waals surface area contributed by atoms with E-state index < -0.39 is 5.91 Å². The molecular formula is C27H28N2O5. The van der Waals surface area contributed by atoms with Gasteiger partial charge in [-0.25, -0.2) is 0 Å². The minimum Gasteiger partial charge on any atom is -0.490 e. The van der Waals surface area contributed by atoms with Crippen LogP contribution < -0.4 is 24.8 Å². The average molecular weight is 461 g/mol. The minimum atomic E-state index is -0.512. The summed E-state index contributed by atoms with van der Waals surface area (Å²) in [7, 11) is 1.66. The Hall–Kier alpha value is -4.26. The summed E-state index contributed by atoms with van der Waals surface area (Å²) in [4.78, 5) is 25.3. The Bertz CT molecular complexity index is 1130. The predicted molar refractivity (Wildman–Crippen MR) is 132 cm³/mol. The topological polar surface area (TPSA) is 91.1 Å². The Morgan fingerprint density at radius 2 is 1.59 bits per heavy atom. The molecular weight excluding hydrogens is 432 g/mol. The van der Waals surface area contributed by atoms with Crippen LogP contribution in [-0.2, 0) is 4.79 Å². The number of para-hydroxylation sites is 1. The van der Waals surface area contributed by atoms with Crippen molar-refractivity contribution in [2.45, 2.75) is 6.92 Å². The maximum absolute atomic E-state index is 12.6. The standard InChI is InChI=1S/C27H28N2O5/c1-3-32-25-19-20(9-15-24(25)34-18-17-33-23-7-5-4-6-8-23)10-16-26(30)29(2)22-13-11-21(12-14-22)27(28)31/h4-16,19H,3,17-18H2,1-2H3,(H2,28,31). The molecule has 176 valence electrons. The maximum atomic E-state index is 12.6. The first-order valence-corrected chi connectivity index (χ1v) is 10.9. The summed E-state index contributed by atoms with van der Waals surface area (Å²) in [6.07, 6.45) is 3.18. The molecule has 0 fully saturated rings. The summed E-state index contributed by atoms with van der Waals surface area (Å²) in [5, 5.41) is 0. The molecule has 7 nitrogen and oxygen atoms in total. The zero-order valence-corrected chi connectivity index (χ0v) is 19.3. The molecule has 0 unspecified atom stereocenters.